The molecular weight excluding hydrogens is 528 g/mol. The molecule has 9 heteroatoms. The number of rotatable bonds is 4. The Labute approximate surface area is 232 Å². The Morgan fingerprint density at radius 3 is 2.55 bits per heavy atom. The average Bonchev–Trinajstić information content (AvgIpc) is 3.31. The molecule has 1 saturated carbocycles. The molecule has 2 fully saturated rings. The highest BCUT2D eigenvalue weighted by Gasteiger charge is 2.66. The molecule has 6 nitrogen and oxygen atoms in total. The smallest absolute Gasteiger partial charge is 0.238 e. The number of benzene rings is 2. The number of nitrogens with one attached hydrogen (secondary N) is 3. The molecule has 0 bridgehead atoms. The third-order valence-corrected chi connectivity index (χ3v) is 8.79. The van der Waals surface area contributed by atoms with E-state index in [2.05, 4.69) is 36.7 Å². The second kappa shape index (κ2) is 10.1. The fourth-order valence-electron chi connectivity index (χ4n) is 6.66. The number of anilines is 1. The van der Waals surface area contributed by atoms with Gasteiger partial charge in [-0.2, -0.15) is 0 Å². The van der Waals surface area contributed by atoms with Gasteiger partial charge in [0.1, 0.15) is 11.2 Å². The van der Waals surface area contributed by atoms with Crippen LogP contribution in [0.25, 0.3) is 0 Å². The lowest BCUT2D eigenvalue weighted by molar-refractivity contribution is -0.124. The van der Waals surface area contributed by atoms with Gasteiger partial charge < -0.3 is 21.1 Å². The van der Waals surface area contributed by atoms with Crippen LogP contribution < -0.4 is 16.0 Å². The van der Waals surface area contributed by atoms with Crippen LogP contribution in [0.15, 0.2) is 36.4 Å². The molecule has 38 heavy (non-hydrogen) atoms. The summed E-state index contributed by atoms with van der Waals surface area (Å²) in [6.07, 6.45) is 2.75. The number of halogens is 3. The molecule has 2 heterocycles. The Morgan fingerprint density at radius 1 is 1.16 bits per heavy atom. The molecule has 2 aromatic rings. The van der Waals surface area contributed by atoms with Gasteiger partial charge in [0.2, 0.25) is 11.8 Å². The molecule has 1 saturated heterocycles. The third kappa shape index (κ3) is 4.72. The summed E-state index contributed by atoms with van der Waals surface area (Å²) in [5, 5.41) is 19.9. The van der Waals surface area contributed by atoms with E-state index in [9.17, 15) is 14.7 Å². The number of hydrogen-bond donors (Lipinski definition) is 4. The molecule has 5 rings (SSSR count). The maximum atomic E-state index is 15.8. The maximum Gasteiger partial charge on any atom is 0.238 e. The molecule has 204 valence electrons. The van der Waals surface area contributed by atoms with Gasteiger partial charge >= 0.3 is 0 Å². The van der Waals surface area contributed by atoms with E-state index in [4.69, 9.17) is 23.2 Å². The number of carbonyl (C=O) groups is 2. The largest absolute Gasteiger partial charge is 0.393 e. The summed E-state index contributed by atoms with van der Waals surface area (Å²) in [7, 11) is 0. The predicted octanol–water partition coefficient (Wildman–Crippen LogP) is 5.30. The van der Waals surface area contributed by atoms with E-state index in [0.29, 0.717) is 48.4 Å². The quantitative estimate of drug-likeness (QED) is 0.407. The zero-order valence-electron chi connectivity index (χ0n) is 21.8. The summed E-state index contributed by atoms with van der Waals surface area (Å²) in [5.74, 6) is -2.09. The van der Waals surface area contributed by atoms with Gasteiger partial charge in [0, 0.05) is 28.7 Å². The summed E-state index contributed by atoms with van der Waals surface area (Å²) < 4.78 is 15.8. The fraction of sp³-hybridized carbons (Fsp3) is 0.517. The van der Waals surface area contributed by atoms with Gasteiger partial charge in [-0.3, -0.25) is 9.59 Å². The van der Waals surface area contributed by atoms with E-state index in [1.807, 2.05) is 6.07 Å². The van der Waals surface area contributed by atoms with Crippen LogP contribution in [0.4, 0.5) is 10.1 Å². The SMILES string of the molecule is CC(C)(C)C[C@@H]1N[C@@H](C(=O)NC2CCC(O)CC2)[C@H](c2cccc(Cl)c2F)[C@@]12C(=O)Nc1cc(Cl)ccc12. The standard InChI is InChI=1S/C29H34Cl2FN3O3/c1-28(2,3)14-22-29(19-12-7-15(30)13-21(19)34-27(29)38)23(18-5-4-6-20(31)24(18)32)25(35-22)26(37)33-16-8-10-17(36)11-9-16/h4-7,12-13,16-17,22-23,25,35-36H,8-11,14H2,1-3H3,(H,33,37)(H,34,38)/t16?,17?,22-,23-,25+,29-/m0/s1. The van der Waals surface area contributed by atoms with Gasteiger partial charge in [-0.1, -0.05) is 62.2 Å². The van der Waals surface area contributed by atoms with Crippen LogP contribution >= 0.6 is 23.2 Å². The van der Waals surface area contributed by atoms with E-state index in [0.717, 1.165) is 0 Å². The number of amides is 2. The molecule has 0 aromatic heterocycles. The van der Waals surface area contributed by atoms with Crippen LogP contribution in [-0.2, 0) is 15.0 Å². The van der Waals surface area contributed by atoms with Crippen molar-refractivity contribution >= 4 is 40.7 Å². The van der Waals surface area contributed by atoms with Crippen LogP contribution in [-0.4, -0.2) is 41.2 Å². The van der Waals surface area contributed by atoms with Crippen molar-refractivity contribution in [3.05, 3.63) is 63.4 Å². The highest BCUT2D eigenvalue weighted by Crippen LogP contribution is 2.57. The molecule has 0 radical (unpaired) electrons. The van der Waals surface area contributed by atoms with Crippen molar-refractivity contribution in [2.24, 2.45) is 5.41 Å². The van der Waals surface area contributed by atoms with E-state index < -0.39 is 29.2 Å². The lowest BCUT2D eigenvalue weighted by Crippen LogP contribution is -2.50. The van der Waals surface area contributed by atoms with Crippen molar-refractivity contribution in [3.63, 3.8) is 0 Å². The predicted molar refractivity (Wildman–Crippen MR) is 147 cm³/mol. The van der Waals surface area contributed by atoms with Gasteiger partial charge in [-0.05, 0) is 66.8 Å². The van der Waals surface area contributed by atoms with E-state index in [-0.39, 0.29) is 40.0 Å². The number of carbonyl (C=O) groups excluding carboxylic acids is 2. The Hall–Kier alpha value is -2.19. The molecule has 1 aliphatic carbocycles. The average molecular weight is 563 g/mol. The highest BCUT2D eigenvalue weighted by atomic mass is 35.5. The monoisotopic (exact) mass is 561 g/mol. The molecule has 2 aliphatic heterocycles. The van der Waals surface area contributed by atoms with Crippen LogP contribution in [0.5, 0.6) is 0 Å². The normalized spacial score (nSPS) is 30.8. The summed E-state index contributed by atoms with van der Waals surface area (Å²) in [5.41, 5.74) is -0.00278. The van der Waals surface area contributed by atoms with Gasteiger partial charge in [0.15, 0.2) is 0 Å². The Balaban J connectivity index is 1.67. The van der Waals surface area contributed by atoms with Gasteiger partial charge in [-0.25, -0.2) is 4.39 Å². The van der Waals surface area contributed by atoms with Crippen LogP contribution in [0.3, 0.4) is 0 Å². The summed E-state index contributed by atoms with van der Waals surface area (Å²) >= 11 is 12.5. The highest BCUT2D eigenvalue weighted by molar-refractivity contribution is 6.31. The molecule has 2 amide bonds. The van der Waals surface area contributed by atoms with Crippen LogP contribution in [0.1, 0.15) is 69.9 Å². The lowest BCUT2D eigenvalue weighted by Gasteiger charge is -2.38. The first-order valence-corrected chi connectivity index (χ1v) is 14.0. The topological polar surface area (TPSA) is 90.5 Å². The number of fused-ring (bicyclic) bond motifs is 2. The second-order valence-corrected chi connectivity index (χ2v) is 13.0. The van der Waals surface area contributed by atoms with Gasteiger partial charge in [0.05, 0.1) is 17.2 Å². The Kier molecular flexibility index (Phi) is 7.27. The van der Waals surface area contributed by atoms with Crippen LogP contribution in [0.2, 0.25) is 10.0 Å². The zero-order chi connectivity index (χ0) is 27.4. The zero-order valence-corrected chi connectivity index (χ0v) is 23.3. The van der Waals surface area contributed by atoms with Crippen molar-refractivity contribution in [3.8, 4) is 0 Å². The molecule has 1 spiro atoms. The maximum absolute atomic E-state index is 15.8. The van der Waals surface area contributed by atoms with Gasteiger partial charge in [0.25, 0.3) is 0 Å². The molecule has 3 aliphatic rings. The van der Waals surface area contributed by atoms with Gasteiger partial charge in [-0.15, -0.1) is 0 Å². The number of aliphatic hydroxyl groups excluding tert-OH is 1. The van der Waals surface area contributed by atoms with Crippen molar-refractivity contribution in [2.45, 2.75) is 88.4 Å². The molecular formula is C29H34Cl2FN3O3. The summed E-state index contributed by atoms with van der Waals surface area (Å²) in [6.45, 7) is 6.23. The first-order chi connectivity index (χ1) is 17.9. The minimum Gasteiger partial charge on any atom is -0.393 e. The minimum atomic E-state index is -1.27. The number of aliphatic hydroxyl groups is 1. The summed E-state index contributed by atoms with van der Waals surface area (Å²) in [6, 6.07) is 8.50. The molecule has 0 unspecified atom stereocenters. The van der Waals surface area contributed by atoms with Crippen molar-refractivity contribution in [2.75, 3.05) is 5.32 Å². The first-order valence-electron chi connectivity index (χ1n) is 13.2. The van der Waals surface area contributed by atoms with Crippen molar-refractivity contribution in [1.82, 2.24) is 10.6 Å². The lowest BCUT2D eigenvalue weighted by atomic mass is 9.62. The summed E-state index contributed by atoms with van der Waals surface area (Å²) in [4.78, 5) is 28.1. The molecule has 4 N–H and O–H groups in total. The molecule has 4 atom stereocenters. The Morgan fingerprint density at radius 2 is 1.87 bits per heavy atom. The second-order valence-electron chi connectivity index (χ2n) is 12.1. The first kappa shape index (κ1) is 27.4. The molecule has 2 aromatic carbocycles. The van der Waals surface area contributed by atoms with Crippen LogP contribution in [0, 0.1) is 11.2 Å². The minimum absolute atomic E-state index is 0.0629. The number of hydrogen-bond acceptors (Lipinski definition) is 4. The van der Waals surface area contributed by atoms with E-state index >= 15 is 4.39 Å². The van der Waals surface area contributed by atoms with E-state index in [1.165, 1.54) is 6.07 Å². The van der Waals surface area contributed by atoms with Crippen molar-refractivity contribution < 1.29 is 19.1 Å². The van der Waals surface area contributed by atoms with Crippen molar-refractivity contribution in [1.29, 1.82) is 0 Å². The third-order valence-electron chi connectivity index (χ3n) is 8.26. The van der Waals surface area contributed by atoms with E-state index in [1.54, 1.807) is 24.3 Å². The fourth-order valence-corrected chi connectivity index (χ4v) is 7.02. The Bertz CT molecular complexity index is 1260.